The zero-order chi connectivity index (χ0) is 22.6. The molecule has 32 heavy (non-hydrogen) atoms. The fourth-order valence-corrected chi connectivity index (χ4v) is 6.19. The Bertz CT molecular complexity index is 1160. The summed E-state index contributed by atoms with van der Waals surface area (Å²) < 4.78 is 32.9. The highest BCUT2D eigenvalue weighted by Gasteiger charge is 2.23. The van der Waals surface area contributed by atoms with Crippen LogP contribution in [-0.4, -0.2) is 61.0 Å². The number of aryl methyl sites for hydroxylation is 1. The van der Waals surface area contributed by atoms with E-state index >= 15 is 0 Å². The number of aromatic nitrogens is 3. The van der Waals surface area contributed by atoms with Crippen molar-refractivity contribution in [1.29, 1.82) is 0 Å². The van der Waals surface area contributed by atoms with E-state index in [9.17, 15) is 8.42 Å². The van der Waals surface area contributed by atoms with Gasteiger partial charge in [-0.15, -0.1) is 10.2 Å². The first-order valence-corrected chi connectivity index (χ1v) is 13.5. The summed E-state index contributed by atoms with van der Waals surface area (Å²) in [6.45, 7) is 4.88. The summed E-state index contributed by atoms with van der Waals surface area (Å²) in [5, 5.41) is 10.0. The summed E-state index contributed by atoms with van der Waals surface area (Å²) in [5.74, 6) is 1.11. The fourth-order valence-electron chi connectivity index (χ4n) is 3.47. The lowest BCUT2D eigenvalue weighted by atomic mass is 10.1. The highest BCUT2D eigenvalue weighted by molar-refractivity contribution is 8.00. The number of anilines is 1. The monoisotopic (exact) mass is 492 g/mol. The molecule has 10 heteroatoms. The summed E-state index contributed by atoms with van der Waals surface area (Å²) >= 11 is 7.27. The molecule has 0 amide bonds. The van der Waals surface area contributed by atoms with Crippen LogP contribution in [0.2, 0.25) is 5.02 Å². The summed E-state index contributed by atoms with van der Waals surface area (Å²) in [4.78, 5) is 2.43. The largest absolute Gasteiger partial charge is 0.378 e. The molecule has 0 radical (unpaired) electrons. The fraction of sp³-hybridized carbons (Fsp3) is 0.364. The second kappa shape index (κ2) is 10.2. The first kappa shape index (κ1) is 23.1. The van der Waals surface area contributed by atoms with Gasteiger partial charge in [-0.05, 0) is 48.4 Å². The molecule has 0 aliphatic carbocycles. The first-order valence-electron chi connectivity index (χ1n) is 10.5. The van der Waals surface area contributed by atoms with Crippen molar-refractivity contribution in [2.45, 2.75) is 23.4 Å². The molecule has 0 unspecified atom stereocenters. The van der Waals surface area contributed by atoms with Crippen LogP contribution in [0.15, 0.2) is 58.6 Å². The molecule has 170 valence electrons. The molecule has 2 heterocycles. The molecule has 1 fully saturated rings. The molecule has 1 aliphatic rings. The predicted octanol–water partition coefficient (Wildman–Crippen LogP) is 3.89. The van der Waals surface area contributed by atoms with Crippen molar-refractivity contribution < 1.29 is 13.2 Å². The molecule has 2 aromatic carbocycles. The van der Waals surface area contributed by atoms with Gasteiger partial charge in [-0.3, -0.25) is 4.57 Å². The predicted molar refractivity (Wildman–Crippen MR) is 128 cm³/mol. The summed E-state index contributed by atoms with van der Waals surface area (Å²) in [6, 6.07) is 14.5. The number of hydrogen-bond acceptors (Lipinski definition) is 7. The molecule has 0 saturated carbocycles. The van der Waals surface area contributed by atoms with Gasteiger partial charge in [0.2, 0.25) is 5.95 Å². The SMILES string of the molecule is CCc1cccc(-n2c(SCCS(=O)(=O)c3ccc(Cl)cc3)nnc2N2CCOCC2)c1. The van der Waals surface area contributed by atoms with Crippen LogP contribution in [0.1, 0.15) is 12.5 Å². The minimum atomic E-state index is -3.41. The average Bonchev–Trinajstić information content (AvgIpc) is 3.24. The molecule has 7 nitrogen and oxygen atoms in total. The van der Waals surface area contributed by atoms with E-state index in [1.807, 2.05) is 16.7 Å². The van der Waals surface area contributed by atoms with Crippen LogP contribution in [0, 0.1) is 0 Å². The quantitative estimate of drug-likeness (QED) is 0.441. The number of benzene rings is 2. The van der Waals surface area contributed by atoms with E-state index in [2.05, 4.69) is 34.2 Å². The first-order chi connectivity index (χ1) is 15.5. The summed E-state index contributed by atoms with van der Waals surface area (Å²) in [5.41, 5.74) is 2.18. The molecule has 1 aromatic heterocycles. The van der Waals surface area contributed by atoms with E-state index in [4.69, 9.17) is 16.3 Å². The molecule has 4 rings (SSSR count). The summed E-state index contributed by atoms with van der Waals surface area (Å²) in [7, 11) is -3.41. The van der Waals surface area contributed by atoms with Crippen molar-refractivity contribution in [2.24, 2.45) is 0 Å². The number of ether oxygens (including phenoxy) is 1. The van der Waals surface area contributed by atoms with Gasteiger partial charge < -0.3 is 9.64 Å². The van der Waals surface area contributed by atoms with Gasteiger partial charge in [0.05, 0.1) is 29.5 Å². The molecular weight excluding hydrogens is 468 g/mol. The third-order valence-electron chi connectivity index (χ3n) is 5.24. The van der Waals surface area contributed by atoms with Crippen LogP contribution in [-0.2, 0) is 21.0 Å². The van der Waals surface area contributed by atoms with Gasteiger partial charge in [0.25, 0.3) is 0 Å². The maximum atomic E-state index is 12.7. The van der Waals surface area contributed by atoms with E-state index in [1.54, 1.807) is 12.1 Å². The van der Waals surface area contributed by atoms with Crippen molar-refractivity contribution >= 4 is 39.1 Å². The highest BCUT2D eigenvalue weighted by Crippen LogP contribution is 2.28. The number of hydrogen-bond donors (Lipinski definition) is 0. The normalized spacial score (nSPS) is 14.6. The Morgan fingerprint density at radius 3 is 2.56 bits per heavy atom. The van der Waals surface area contributed by atoms with Crippen LogP contribution >= 0.6 is 23.4 Å². The van der Waals surface area contributed by atoms with Crippen molar-refractivity contribution in [1.82, 2.24) is 14.8 Å². The van der Waals surface area contributed by atoms with Gasteiger partial charge in [0.15, 0.2) is 15.0 Å². The third kappa shape index (κ3) is 5.28. The lowest BCUT2D eigenvalue weighted by Gasteiger charge is -2.28. The Balaban J connectivity index is 1.58. The van der Waals surface area contributed by atoms with Crippen LogP contribution in [0.25, 0.3) is 5.69 Å². The maximum absolute atomic E-state index is 12.7. The van der Waals surface area contributed by atoms with Crippen LogP contribution in [0.3, 0.4) is 0 Å². The number of thioether (sulfide) groups is 1. The van der Waals surface area contributed by atoms with Crippen LogP contribution < -0.4 is 4.90 Å². The van der Waals surface area contributed by atoms with Crippen molar-refractivity contribution in [2.75, 3.05) is 42.7 Å². The topological polar surface area (TPSA) is 77.3 Å². The standard InChI is InChI=1S/C22H25ClN4O3S2/c1-2-17-4-3-5-19(16-17)27-21(26-10-12-30-13-11-26)24-25-22(27)31-14-15-32(28,29)20-8-6-18(23)7-9-20/h3-9,16H,2,10-15H2,1H3. The number of sulfone groups is 1. The van der Waals surface area contributed by atoms with Crippen molar-refractivity contribution in [3.63, 3.8) is 0 Å². The van der Waals surface area contributed by atoms with E-state index in [-0.39, 0.29) is 10.6 Å². The Morgan fingerprint density at radius 2 is 1.84 bits per heavy atom. The number of halogens is 1. The molecule has 1 saturated heterocycles. The Labute approximate surface area is 197 Å². The summed E-state index contributed by atoms with van der Waals surface area (Å²) in [6.07, 6.45) is 0.921. The zero-order valence-electron chi connectivity index (χ0n) is 17.8. The Hall–Kier alpha value is -2.07. The number of nitrogens with zero attached hydrogens (tertiary/aromatic N) is 4. The second-order valence-electron chi connectivity index (χ2n) is 7.36. The molecular formula is C22H25ClN4O3S2. The van der Waals surface area contributed by atoms with E-state index in [1.165, 1.54) is 29.5 Å². The molecule has 1 aliphatic heterocycles. The minimum Gasteiger partial charge on any atom is -0.378 e. The van der Waals surface area contributed by atoms with Gasteiger partial charge >= 0.3 is 0 Å². The average molecular weight is 493 g/mol. The van der Waals surface area contributed by atoms with Crippen molar-refractivity contribution in [3.05, 3.63) is 59.1 Å². The molecule has 0 N–H and O–H groups in total. The molecule has 0 atom stereocenters. The smallest absolute Gasteiger partial charge is 0.232 e. The third-order valence-corrected chi connectivity index (χ3v) is 8.42. The minimum absolute atomic E-state index is 0.00591. The lowest BCUT2D eigenvalue weighted by Crippen LogP contribution is -2.37. The zero-order valence-corrected chi connectivity index (χ0v) is 20.2. The van der Waals surface area contributed by atoms with Gasteiger partial charge in [0, 0.05) is 23.9 Å². The Morgan fingerprint density at radius 1 is 1.09 bits per heavy atom. The maximum Gasteiger partial charge on any atom is 0.232 e. The van der Waals surface area contributed by atoms with E-state index in [0.29, 0.717) is 29.1 Å². The number of morpholine rings is 1. The van der Waals surface area contributed by atoms with E-state index < -0.39 is 9.84 Å². The Kier molecular flexibility index (Phi) is 7.40. The van der Waals surface area contributed by atoms with Crippen LogP contribution in [0.5, 0.6) is 0 Å². The molecule has 0 bridgehead atoms. The van der Waals surface area contributed by atoms with Gasteiger partial charge in [-0.1, -0.05) is 42.4 Å². The van der Waals surface area contributed by atoms with Crippen LogP contribution in [0.4, 0.5) is 5.95 Å². The van der Waals surface area contributed by atoms with Gasteiger partial charge in [0.1, 0.15) is 0 Å². The number of rotatable bonds is 8. The molecule has 0 spiro atoms. The lowest BCUT2D eigenvalue weighted by molar-refractivity contribution is 0.122. The molecule has 3 aromatic rings. The second-order valence-corrected chi connectivity index (χ2v) is 11.0. The van der Waals surface area contributed by atoms with Gasteiger partial charge in [-0.2, -0.15) is 0 Å². The van der Waals surface area contributed by atoms with Gasteiger partial charge in [-0.25, -0.2) is 8.42 Å². The highest BCUT2D eigenvalue weighted by atomic mass is 35.5. The van der Waals surface area contributed by atoms with E-state index in [0.717, 1.165) is 31.1 Å². The van der Waals surface area contributed by atoms with Crippen molar-refractivity contribution in [3.8, 4) is 5.69 Å².